The Bertz CT molecular complexity index is 583. The number of H-pyrrole nitrogens is 1. The number of carboxylic acids is 1. The van der Waals surface area contributed by atoms with Crippen molar-refractivity contribution in [1.29, 1.82) is 0 Å². The van der Waals surface area contributed by atoms with Gasteiger partial charge in [0.05, 0.1) is 6.26 Å². The fraction of sp³-hybridized carbons (Fsp3) is 0.100. The fourth-order valence-corrected chi connectivity index (χ4v) is 1.44. The van der Waals surface area contributed by atoms with E-state index in [0.717, 1.165) is 0 Å². The van der Waals surface area contributed by atoms with Crippen LogP contribution in [0.5, 0.6) is 0 Å². The maximum Gasteiger partial charge on any atom is 0.345 e. The van der Waals surface area contributed by atoms with Gasteiger partial charge in [0.2, 0.25) is 0 Å². The molecule has 6 heteroatoms. The molecular formula is C10H8N2O4. The minimum absolute atomic E-state index is 0.0405. The molecule has 2 N–H and O–H groups in total. The van der Waals surface area contributed by atoms with E-state index in [9.17, 15) is 9.59 Å². The highest BCUT2D eigenvalue weighted by Gasteiger charge is 2.19. The van der Waals surface area contributed by atoms with Gasteiger partial charge in [-0.15, -0.1) is 0 Å². The average Bonchev–Trinajstić information content (AvgIpc) is 2.67. The van der Waals surface area contributed by atoms with Gasteiger partial charge in [-0.2, -0.15) is 4.98 Å². The maximum absolute atomic E-state index is 11.2. The van der Waals surface area contributed by atoms with E-state index < -0.39 is 11.7 Å². The molecule has 0 aliphatic rings. The zero-order valence-electron chi connectivity index (χ0n) is 8.35. The first-order valence-corrected chi connectivity index (χ1v) is 4.47. The second-order valence-corrected chi connectivity index (χ2v) is 3.17. The average molecular weight is 220 g/mol. The SMILES string of the molecule is Cc1[nH]c(=O)nc(-c2ccco2)c1C(=O)O. The Morgan fingerprint density at radius 2 is 2.31 bits per heavy atom. The number of aromatic carboxylic acids is 1. The van der Waals surface area contributed by atoms with E-state index in [-0.39, 0.29) is 22.7 Å². The van der Waals surface area contributed by atoms with Crippen LogP contribution in [0, 0.1) is 6.92 Å². The molecule has 0 spiro atoms. The van der Waals surface area contributed by atoms with Crippen LogP contribution in [-0.2, 0) is 0 Å². The number of furan rings is 1. The molecule has 0 unspecified atom stereocenters. The molecule has 2 aromatic heterocycles. The zero-order valence-corrected chi connectivity index (χ0v) is 8.35. The first-order chi connectivity index (χ1) is 7.59. The Morgan fingerprint density at radius 1 is 1.56 bits per heavy atom. The van der Waals surface area contributed by atoms with Crippen molar-refractivity contribution in [3.63, 3.8) is 0 Å². The molecule has 0 radical (unpaired) electrons. The second kappa shape index (κ2) is 3.65. The van der Waals surface area contributed by atoms with Gasteiger partial charge >= 0.3 is 11.7 Å². The molecule has 0 saturated heterocycles. The number of carbonyl (C=O) groups is 1. The van der Waals surface area contributed by atoms with Gasteiger partial charge in [-0.3, -0.25) is 0 Å². The summed E-state index contributed by atoms with van der Waals surface area (Å²) in [5.74, 6) is -0.903. The molecule has 0 bridgehead atoms. The van der Waals surface area contributed by atoms with Crippen LogP contribution in [-0.4, -0.2) is 21.0 Å². The monoisotopic (exact) mass is 220 g/mol. The lowest BCUT2D eigenvalue weighted by Crippen LogP contribution is -2.18. The Kier molecular flexibility index (Phi) is 2.32. The molecule has 0 aromatic carbocycles. The largest absolute Gasteiger partial charge is 0.478 e. The summed E-state index contributed by atoms with van der Waals surface area (Å²) in [6.07, 6.45) is 1.39. The summed E-state index contributed by atoms with van der Waals surface area (Å²) in [4.78, 5) is 28.2. The number of nitrogens with one attached hydrogen (secondary N) is 1. The van der Waals surface area contributed by atoms with Crippen molar-refractivity contribution in [1.82, 2.24) is 9.97 Å². The first-order valence-electron chi connectivity index (χ1n) is 4.47. The van der Waals surface area contributed by atoms with Crippen LogP contribution in [0.4, 0.5) is 0 Å². The van der Waals surface area contributed by atoms with Crippen molar-refractivity contribution >= 4 is 5.97 Å². The molecule has 2 aromatic rings. The van der Waals surface area contributed by atoms with Gasteiger partial charge in [0.25, 0.3) is 0 Å². The summed E-state index contributed by atoms with van der Waals surface area (Å²) in [7, 11) is 0. The van der Waals surface area contributed by atoms with Crippen LogP contribution in [0.1, 0.15) is 16.1 Å². The van der Waals surface area contributed by atoms with Gasteiger partial charge in [-0.05, 0) is 19.1 Å². The lowest BCUT2D eigenvalue weighted by atomic mass is 10.1. The van der Waals surface area contributed by atoms with Crippen LogP contribution in [0.15, 0.2) is 27.6 Å². The van der Waals surface area contributed by atoms with E-state index in [1.54, 1.807) is 12.1 Å². The Morgan fingerprint density at radius 3 is 2.88 bits per heavy atom. The topological polar surface area (TPSA) is 96.2 Å². The highest BCUT2D eigenvalue weighted by atomic mass is 16.4. The van der Waals surface area contributed by atoms with Crippen LogP contribution >= 0.6 is 0 Å². The zero-order chi connectivity index (χ0) is 11.7. The molecule has 16 heavy (non-hydrogen) atoms. The fourth-order valence-electron chi connectivity index (χ4n) is 1.44. The lowest BCUT2D eigenvalue weighted by Gasteiger charge is -2.04. The number of rotatable bonds is 2. The first kappa shape index (κ1) is 10.2. The van der Waals surface area contributed by atoms with Crippen LogP contribution in [0.3, 0.4) is 0 Å². The third-order valence-electron chi connectivity index (χ3n) is 2.09. The van der Waals surface area contributed by atoms with Gasteiger partial charge in [-0.25, -0.2) is 9.59 Å². The number of aromatic amines is 1. The molecule has 0 aliphatic carbocycles. The third-order valence-corrected chi connectivity index (χ3v) is 2.09. The van der Waals surface area contributed by atoms with Crippen molar-refractivity contribution in [2.75, 3.05) is 0 Å². The number of aryl methyl sites for hydroxylation is 1. The lowest BCUT2D eigenvalue weighted by molar-refractivity contribution is 0.0695. The van der Waals surface area contributed by atoms with Crippen LogP contribution in [0.25, 0.3) is 11.5 Å². The molecule has 0 aliphatic heterocycles. The normalized spacial score (nSPS) is 10.3. The summed E-state index contributed by atoms with van der Waals surface area (Å²) in [6, 6.07) is 3.15. The van der Waals surface area contributed by atoms with E-state index in [0.29, 0.717) is 0 Å². The van der Waals surface area contributed by atoms with Crippen molar-refractivity contribution in [3.05, 3.63) is 40.1 Å². The molecule has 82 valence electrons. The van der Waals surface area contributed by atoms with Crippen molar-refractivity contribution in [3.8, 4) is 11.5 Å². The highest BCUT2D eigenvalue weighted by Crippen LogP contribution is 2.21. The summed E-state index contributed by atoms with van der Waals surface area (Å²) >= 11 is 0. The van der Waals surface area contributed by atoms with Gasteiger partial charge in [0, 0.05) is 5.69 Å². The van der Waals surface area contributed by atoms with Gasteiger partial charge in [0.15, 0.2) is 5.76 Å². The van der Waals surface area contributed by atoms with E-state index in [4.69, 9.17) is 9.52 Å². The van der Waals surface area contributed by atoms with Crippen molar-refractivity contribution in [2.24, 2.45) is 0 Å². The quantitative estimate of drug-likeness (QED) is 0.788. The predicted molar refractivity (Wildman–Crippen MR) is 54.3 cm³/mol. The Balaban J connectivity index is 2.77. The predicted octanol–water partition coefficient (Wildman–Crippen LogP) is 1.04. The molecule has 0 fully saturated rings. The summed E-state index contributed by atoms with van der Waals surface area (Å²) in [5, 5.41) is 9.03. The number of hydrogen-bond donors (Lipinski definition) is 2. The summed E-state index contributed by atoms with van der Waals surface area (Å²) < 4.78 is 5.04. The van der Waals surface area contributed by atoms with Crippen molar-refractivity contribution < 1.29 is 14.3 Å². The minimum atomic E-state index is -1.16. The van der Waals surface area contributed by atoms with E-state index in [2.05, 4.69) is 9.97 Å². The van der Waals surface area contributed by atoms with Crippen molar-refractivity contribution in [2.45, 2.75) is 6.92 Å². The Hall–Kier alpha value is -2.37. The molecule has 6 nitrogen and oxygen atoms in total. The minimum Gasteiger partial charge on any atom is -0.478 e. The second-order valence-electron chi connectivity index (χ2n) is 3.17. The molecule has 0 saturated carbocycles. The molecule has 2 rings (SSSR count). The number of carboxylic acid groups (broad SMARTS) is 1. The highest BCUT2D eigenvalue weighted by molar-refractivity contribution is 5.95. The summed E-state index contributed by atoms with van der Waals surface area (Å²) in [5.41, 5.74) is -0.374. The molecule has 0 atom stereocenters. The smallest absolute Gasteiger partial charge is 0.345 e. The number of aromatic nitrogens is 2. The van der Waals surface area contributed by atoms with Crippen LogP contribution in [0.2, 0.25) is 0 Å². The van der Waals surface area contributed by atoms with E-state index in [1.165, 1.54) is 13.2 Å². The number of nitrogens with zero attached hydrogens (tertiary/aromatic N) is 1. The van der Waals surface area contributed by atoms with Gasteiger partial charge in [0.1, 0.15) is 11.3 Å². The summed E-state index contributed by atoms with van der Waals surface area (Å²) in [6.45, 7) is 1.50. The molecular weight excluding hydrogens is 212 g/mol. The van der Waals surface area contributed by atoms with E-state index in [1.807, 2.05) is 0 Å². The number of hydrogen-bond acceptors (Lipinski definition) is 4. The molecule has 2 heterocycles. The maximum atomic E-state index is 11.2. The standard InChI is InChI=1S/C10H8N2O4/c1-5-7(9(13)14)8(12-10(15)11-5)6-3-2-4-16-6/h2-4H,1H3,(H,13,14)(H,11,12,15). The van der Waals surface area contributed by atoms with Gasteiger partial charge < -0.3 is 14.5 Å². The third kappa shape index (κ3) is 1.60. The molecule has 0 amide bonds. The van der Waals surface area contributed by atoms with E-state index >= 15 is 0 Å². The van der Waals surface area contributed by atoms with Gasteiger partial charge in [-0.1, -0.05) is 0 Å². The van der Waals surface area contributed by atoms with Crippen LogP contribution < -0.4 is 5.69 Å². The Labute approximate surface area is 89.6 Å².